The van der Waals surface area contributed by atoms with Crippen LogP contribution < -0.4 is 10.6 Å². The molecule has 2 amide bonds. The van der Waals surface area contributed by atoms with Crippen molar-refractivity contribution in [2.45, 2.75) is 69.6 Å². The number of nitrogens with one attached hydrogen (secondary N) is 3. The van der Waals surface area contributed by atoms with E-state index in [1.807, 2.05) is 32.2 Å². The van der Waals surface area contributed by atoms with Crippen molar-refractivity contribution in [1.29, 1.82) is 5.41 Å². The van der Waals surface area contributed by atoms with E-state index in [2.05, 4.69) is 15.6 Å². The summed E-state index contributed by atoms with van der Waals surface area (Å²) in [5.74, 6) is 0.154. The Bertz CT molecular complexity index is 1170. The lowest BCUT2D eigenvalue weighted by Crippen LogP contribution is -2.63. The first-order valence-electron chi connectivity index (χ1n) is 12.1. The highest BCUT2D eigenvalue weighted by atomic mass is 35.5. The topological polar surface area (TPSA) is 107 Å². The zero-order valence-corrected chi connectivity index (χ0v) is 21.9. The predicted molar refractivity (Wildman–Crippen MR) is 141 cm³/mol. The number of halogens is 2. The maximum absolute atomic E-state index is 13.2. The van der Waals surface area contributed by atoms with Gasteiger partial charge in [0.05, 0.1) is 34.3 Å². The zero-order valence-electron chi connectivity index (χ0n) is 20.3. The van der Waals surface area contributed by atoms with Crippen LogP contribution in [0.25, 0.3) is 0 Å². The molecular formula is C26H31Cl2N5O3. The molecule has 0 bridgehead atoms. The van der Waals surface area contributed by atoms with Crippen molar-refractivity contribution in [3.05, 3.63) is 58.4 Å². The number of ether oxygens (including phenoxy) is 1. The molecule has 2 aromatic rings. The third-order valence-electron chi connectivity index (χ3n) is 7.14. The van der Waals surface area contributed by atoms with Gasteiger partial charge in [0.1, 0.15) is 0 Å². The highest BCUT2D eigenvalue weighted by molar-refractivity contribution is 6.35. The highest BCUT2D eigenvalue weighted by Gasteiger charge is 2.43. The molecule has 3 aliphatic rings. The Morgan fingerprint density at radius 1 is 1.31 bits per heavy atom. The minimum absolute atomic E-state index is 0. The maximum Gasteiger partial charge on any atom is 0.257 e. The molecular weight excluding hydrogens is 501 g/mol. The number of amides is 2. The first kappa shape index (κ1) is 26.4. The minimum atomic E-state index is -0.882. The van der Waals surface area contributed by atoms with Gasteiger partial charge < -0.3 is 15.4 Å². The molecule has 3 N–H and O–H groups in total. The van der Waals surface area contributed by atoms with E-state index in [4.69, 9.17) is 21.7 Å². The second kappa shape index (κ2) is 10.4. The Morgan fingerprint density at radius 2 is 2.08 bits per heavy atom. The Morgan fingerprint density at radius 3 is 2.78 bits per heavy atom. The summed E-state index contributed by atoms with van der Waals surface area (Å²) >= 11 is 6.77. The molecule has 1 aromatic carbocycles. The number of rotatable bonds is 5. The van der Waals surface area contributed by atoms with Crippen LogP contribution in [0.15, 0.2) is 36.7 Å². The van der Waals surface area contributed by atoms with Gasteiger partial charge >= 0.3 is 0 Å². The largest absolute Gasteiger partial charge is 0.378 e. The van der Waals surface area contributed by atoms with Crippen molar-refractivity contribution in [2.24, 2.45) is 0 Å². The van der Waals surface area contributed by atoms with E-state index in [0.29, 0.717) is 47.2 Å². The quantitative estimate of drug-likeness (QED) is 0.512. The van der Waals surface area contributed by atoms with Crippen LogP contribution in [0, 0.1) is 5.41 Å². The minimum Gasteiger partial charge on any atom is -0.378 e. The summed E-state index contributed by atoms with van der Waals surface area (Å²) in [5.41, 5.74) is 1.79. The van der Waals surface area contributed by atoms with Crippen molar-refractivity contribution < 1.29 is 14.3 Å². The number of benzene rings is 1. The summed E-state index contributed by atoms with van der Waals surface area (Å²) in [5, 5.41) is 15.1. The normalized spacial score (nSPS) is 26.1. The fourth-order valence-corrected chi connectivity index (χ4v) is 5.49. The van der Waals surface area contributed by atoms with Crippen molar-refractivity contribution in [2.75, 3.05) is 11.9 Å². The molecule has 2 saturated heterocycles. The Labute approximate surface area is 222 Å². The lowest BCUT2D eigenvalue weighted by molar-refractivity contribution is -0.134. The number of carbonyl (C=O) groups is 2. The molecule has 8 nitrogen and oxygen atoms in total. The number of nitrogens with zero attached hydrogens (tertiary/aromatic N) is 2. The van der Waals surface area contributed by atoms with E-state index in [-0.39, 0.29) is 48.7 Å². The van der Waals surface area contributed by atoms with E-state index >= 15 is 0 Å². The van der Waals surface area contributed by atoms with Gasteiger partial charge in [-0.1, -0.05) is 23.7 Å². The number of hydrogen-bond donors (Lipinski definition) is 3. The lowest BCUT2D eigenvalue weighted by atomic mass is 9.85. The summed E-state index contributed by atoms with van der Waals surface area (Å²) in [6, 6.07) is 7.18. The summed E-state index contributed by atoms with van der Waals surface area (Å²) in [6.07, 6.45) is 7.23. The van der Waals surface area contributed by atoms with Crippen LogP contribution >= 0.6 is 24.0 Å². The molecule has 10 heteroatoms. The van der Waals surface area contributed by atoms with Crippen LogP contribution in [0.5, 0.6) is 0 Å². The molecule has 0 radical (unpaired) electrons. The molecule has 1 aromatic heterocycles. The van der Waals surface area contributed by atoms with Gasteiger partial charge in [-0.05, 0) is 68.7 Å². The summed E-state index contributed by atoms with van der Waals surface area (Å²) in [7, 11) is 0. The third kappa shape index (κ3) is 5.21. The van der Waals surface area contributed by atoms with E-state index in [1.54, 1.807) is 23.2 Å². The molecule has 5 rings (SSSR count). The Kier molecular flexibility index (Phi) is 7.59. The van der Waals surface area contributed by atoms with Crippen LogP contribution in [0.2, 0.25) is 5.02 Å². The van der Waals surface area contributed by atoms with Gasteiger partial charge in [-0.2, -0.15) is 0 Å². The number of anilines is 1. The molecule has 192 valence electrons. The van der Waals surface area contributed by atoms with Gasteiger partial charge in [-0.25, -0.2) is 0 Å². The van der Waals surface area contributed by atoms with Crippen molar-refractivity contribution in [3.8, 4) is 0 Å². The first-order chi connectivity index (χ1) is 16.7. The van der Waals surface area contributed by atoms with Gasteiger partial charge in [-0.15, -0.1) is 12.4 Å². The monoisotopic (exact) mass is 531 g/mol. The van der Waals surface area contributed by atoms with Crippen LogP contribution in [-0.2, 0) is 15.1 Å². The van der Waals surface area contributed by atoms with E-state index in [1.165, 1.54) is 0 Å². The van der Waals surface area contributed by atoms with E-state index in [0.717, 1.165) is 18.4 Å². The molecule has 3 atom stereocenters. The molecule has 0 unspecified atom stereocenters. The number of guanidine groups is 1. The van der Waals surface area contributed by atoms with Crippen LogP contribution in [-0.4, -0.2) is 46.4 Å². The molecule has 36 heavy (non-hydrogen) atoms. The predicted octanol–water partition coefficient (Wildman–Crippen LogP) is 4.83. The van der Waals surface area contributed by atoms with Gasteiger partial charge in [0.15, 0.2) is 5.96 Å². The number of hydrogen-bond acceptors (Lipinski definition) is 5. The molecule has 1 aliphatic carbocycles. The molecule has 0 spiro atoms. The zero-order chi connectivity index (χ0) is 24.7. The van der Waals surface area contributed by atoms with Gasteiger partial charge in [-0.3, -0.25) is 24.9 Å². The highest BCUT2D eigenvalue weighted by Crippen LogP contribution is 2.40. The average molecular weight is 532 g/mol. The van der Waals surface area contributed by atoms with Gasteiger partial charge in [0.25, 0.3) is 5.91 Å². The Hall–Kier alpha value is -2.68. The second-order valence-electron chi connectivity index (χ2n) is 10.0. The van der Waals surface area contributed by atoms with E-state index in [9.17, 15) is 9.59 Å². The standard InChI is InChI=1S/C26H30ClN5O3.ClH/c1-15-10-19(8-9-35-15)32-22(33)12-26(2,31-25(32)28)20-4-3-5-21(23(20)27)30-24(34)18-11-17(13-29-14-18)16-6-7-16;/h3-5,11,13-16,19H,6-10,12H2,1-2H3,(H2,28,31)(H,30,34);1H/t15-,19-,26+;/m1./s1. The van der Waals surface area contributed by atoms with Crippen molar-refractivity contribution >= 4 is 47.5 Å². The maximum atomic E-state index is 13.2. The van der Waals surface area contributed by atoms with Gasteiger partial charge in [0, 0.05) is 25.0 Å². The number of carbonyl (C=O) groups excluding carboxylic acids is 2. The second-order valence-corrected chi connectivity index (χ2v) is 10.4. The number of aromatic nitrogens is 1. The van der Waals surface area contributed by atoms with Crippen molar-refractivity contribution in [1.82, 2.24) is 15.2 Å². The van der Waals surface area contributed by atoms with Crippen LogP contribution in [0.4, 0.5) is 5.69 Å². The molecule has 1 saturated carbocycles. The fraction of sp³-hybridized carbons (Fsp3) is 0.462. The number of pyridine rings is 1. The molecule has 3 fully saturated rings. The molecule has 2 aliphatic heterocycles. The first-order valence-corrected chi connectivity index (χ1v) is 12.5. The average Bonchev–Trinajstić information content (AvgIpc) is 3.65. The lowest BCUT2D eigenvalue weighted by Gasteiger charge is -2.45. The van der Waals surface area contributed by atoms with E-state index < -0.39 is 5.54 Å². The van der Waals surface area contributed by atoms with Crippen molar-refractivity contribution in [3.63, 3.8) is 0 Å². The SMILES string of the molecule is C[C@@H]1C[C@H](N2C(=N)N[C@](C)(c3cccc(NC(=O)c4cncc(C5CC5)c4)c3Cl)CC2=O)CCO1.Cl. The summed E-state index contributed by atoms with van der Waals surface area (Å²) in [4.78, 5) is 32.0. The van der Waals surface area contributed by atoms with Crippen LogP contribution in [0.1, 0.15) is 73.4 Å². The summed E-state index contributed by atoms with van der Waals surface area (Å²) < 4.78 is 5.61. The smallest absolute Gasteiger partial charge is 0.257 e. The Balaban J connectivity index is 0.00000304. The molecule has 3 heterocycles. The fourth-order valence-electron chi connectivity index (χ4n) is 5.11. The third-order valence-corrected chi connectivity index (χ3v) is 7.55. The summed E-state index contributed by atoms with van der Waals surface area (Å²) in [6.45, 7) is 4.42. The van der Waals surface area contributed by atoms with Crippen LogP contribution in [0.3, 0.4) is 0 Å². The van der Waals surface area contributed by atoms with Gasteiger partial charge in [0.2, 0.25) is 5.91 Å².